The summed E-state index contributed by atoms with van der Waals surface area (Å²) >= 11 is 0. The first kappa shape index (κ1) is 7.85. The molecular weight excluding hydrogens is 168 g/mol. The van der Waals surface area contributed by atoms with Crippen molar-refractivity contribution in [1.29, 1.82) is 0 Å². The van der Waals surface area contributed by atoms with E-state index in [4.69, 9.17) is 5.73 Å². The first-order chi connectivity index (χ1) is 6.22. The number of H-pyrrole nitrogens is 1. The van der Waals surface area contributed by atoms with Crippen LogP contribution in [0.5, 0.6) is 0 Å². The van der Waals surface area contributed by atoms with Gasteiger partial charge in [0.25, 0.3) is 0 Å². The summed E-state index contributed by atoms with van der Waals surface area (Å²) in [7, 11) is 0. The van der Waals surface area contributed by atoms with Crippen LogP contribution in [0.4, 0.5) is 5.82 Å². The van der Waals surface area contributed by atoms with Gasteiger partial charge >= 0.3 is 0 Å². The molecule has 0 saturated carbocycles. The molecule has 0 fully saturated rings. The van der Waals surface area contributed by atoms with Gasteiger partial charge in [0.1, 0.15) is 11.5 Å². The van der Waals surface area contributed by atoms with E-state index in [-0.39, 0.29) is 5.43 Å². The summed E-state index contributed by atoms with van der Waals surface area (Å²) in [6.45, 7) is 2.73. The van der Waals surface area contributed by atoms with Gasteiger partial charge < -0.3 is 15.3 Å². The molecule has 5 nitrogen and oxygen atoms in total. The molecule has 3 N–H and O–H groups in total. The number of aromatic amines is 1. The van der Waals surface area contributed by atoms with Gasteiger partial charge in [-0.3, -0.25) is 4.79 Å². The van der Waals surface area contributed by atoms with Crippen LogP contribution < -0.4 is 11.2 Å². The Morgan fingerprint density at radius 1 is 1.69 bits per heavy atom. The molecular formula is C8H10N4O. The monoisotopic (exact) mass is 178 g/mol. The lowest BCUT2D eigenvalue weighted by Gasteiger charge is -1.99. The highest BCUT2D eigenvalue weighted by atomic mass is 16.1. The molecule has 0 aromatic carbocycles. The van der Waals surface area contributed by atoms with Crippen molar-refractivity contribution in [2.75, 3.05) is 5.73 Å². The minimum atomic E-state index is -0.140. The van der Waals surface area contributed by atoms with E-state index in [0.29, 0.717) is 17.0 Å². The van der Waals surface area contributed by atoms with Crippen molar-refractivity contribution >= 4 is 17.0 Å². The molecule has 0 saturated heterocycles. The normalized spacial score (nSPS) is 10.8. The van der Waals surface area contributed by atoms with Gasteiger partial charge in [-0.05, 0) is 6.92 Å². The summed E-state index contributed by atoms with van der Waals surface area (Å²) in [4.78, 5) is 18.3. The minimum Gasteiger partial charge on any atom is -0.385 e. The van der Waals surface area contributed by atoms with Crippen molar-refractivity contribution in [2.24, 2.45) is 0 Å². The van der Waals surface area contributed by atoms with Gasteiger partial charge in [0.05, 0.1) is 6.33 Å². The highest BCUT2D eigenvalue weighted by Crippen LogP contribution is 2.06. The number of nitrogen functional groups attached to an aromatic ring is 1. The van der Waals surface area contributed by atoms with E-state index in [1.165, 1.54) is 6.07 Å². The van der Waals surface area contributed by atoms with E-state index in [9.17, 15) is 4.79 Å². The van der Waals surface area contributed by atoms with Gasteiger partial charge in [-0.15, -0.1) is 0 Å². The smallest absolute Gasteiger partial charge is 0.211 e. The molecule has 2 heterocycles. The second-order valence-corrected chi connectivity index (χ2v) is 2.82. The minimum absolute atomic E-state index is 0.140. The Morgan fingerprint density at radius 2 is 2.46 bits per heavy atom. The number of hydrogen-bond acceptors (Lipinski definition) is 3. The summed E-state index contributed by atoms with van der Waals surface area (Å²) in [6.07, 6.45) is 1.63. The fourth-order valence-corrected chi connectivity index (χ4v) is 1.32. The number of pyridine rings is 1. The Hall–Kier alpha value is -1.78. The van der Waals surface area contributed by atoms with Crippen molar-refractivity contribution in [3.8, 4) is 0 Å². The average molecular weight is 178 g/mol. The molecule has 0 atom stereocenters. The highest BCUT2D eigenvalue weighted by molar-refractivity contribution is 5.72. The van der Waals surface area contributed by atoms with E-state index in [0.717, 1.165) is 6.54 Å². The van der Waals surface area contributed by atoms with Crippen molar-refractivity contribution in [1.82, 2.24) is 14.5 Å². The maximum atomic E-state index is 11.4. The van der Waals surface area contributed by atoms with E-state index < -0.39 is 0 Å². The standard InChI is InChI=1S/C8H10N4O/c1-2-12-4-10-7-5(13)3-6(9)11-8(7)12/h3-4H,2H2,1H3,(H3,9,11,13). The number of nitrogens with one attached hydrogen (secondary N) is 1. The van der Waals surface area contributed by atoms with Crippen LogP contribution in [0.15, 0.2) is 17.2 Å². The van der Waals surface area contributed by atoms with Crippen LogP contribution in [0.25, 0.3) is 11.2 Å². The second-order valence-electron chi connectivity index (χ2n) is 2.82. The molecule has 0 amide bonds. The van der Waals surface area contributed by atoms with Gasteiger partial charge in [-0.2, -0.15) is 0 Å². The van der Waals surface area contributed by atoms with E-state index in [1.807, 2.05) is 11.5 Å². The second kappa shape index (κ2) is 2.62. The zero-order chi connectivity index (χ0) is 9.42. The molecule has 0 spiro atoms. The van der Waals surface area contributed by atoms with Crippen molar-refractivity contribution in [3.63, 3.8) is 0 Å². The maximum absolute atomic E-state index is 11.4. The first-order valence-corrected chi connectivity index (χ1v) is 4.06. The van der Waals surface area contributed by atoms with Crippen LogP contribution in [-0.4, -0.2) is 14.5 Å². The summed E-state index contributed by atoms with van der Waals surface area (Å²) in [5.74, 6) is 0.368. The molecule has 0 bridgehead atoms. The molecule has 0 aliphatic carbocycles. The Labute approximate surface area is 74.2 Å². The first-order valence-electron chi connectivity index (χ1n) is 4.06. The van der Waals surface area contributed by atoms with Gasteiger partial charge in [-0.1, -0.05) is 0 Å². The zero-order valence-electron chi connectivity index (χ0n) is 7.24. The third-order valence-electron chi connectivity index (χ3n) is 1.96. The van der Waals surface area contributed by atoms with Crippen molar-refractivity contribution < 1.29 is 0 Å². The molecule has 2 rings (SSSR count). The lowest BCUT2D eigenvalue weighted by Crippen LogP contribution is -2.06. The Morgan fingerprint density at radius 3 is 3.15 bits per heavy atom. The van der Waals surface area contributed by atoms with Crippen LogP contribution in [0.2, 0.25) is 0 Å². The molecule has 5 heteroatoms. The molecule has 2 aromatic rings. The topological polar surface area (TPSA) is 76.7 Å². The van der Waals surface area contributed by atoms with Crippen LogP contribution in [-0.2, 0) is 6.54 Å². The SMILES string of the molecule is CCn1cnc2c(=O)cc(N)[nH]c21. The van der Waals surface area contributed by atoms with E-state index in [1.54, 1.807) is 6.33 Å². The van der Waals surface area contributed by atoms with Crippen LogP contribution >= 0.6 is 0 Å². The van der Waals surface area contributed by atoms with Gasteiger partial charge in [0.15, 0.2) is 5.52 Å². The third-order valence-corrected chi connectivity index (χ3v) is 1.96. The van der Waals surface area contributed by atoms with Crippen LogP contribution in [0, 0.1) is 0 Å². The predicted molar refractivity (Wildman–Crippen MR) is 50.4 cm³/mol. The fourth-order valence-electron chi connectivity index (χ4n) is 1.32. The number of hydrogen-bond donors (Lipinski definition) is 2. The number of aromatic nitrogens is 3. The highest BCUT2D eigenvalue weighted by Gasteiger charge is 2.05. The molecule has 13 heavy (non-hydrogen) atoms. The number of fused-ring (bicyclic) bond motifs is 1. The molecule has 68 valence electrons. The number of nitrogens with two attached hydrogens (primary N) is 1. The van der Waals surface area contributed by atoms with E-state index in [2.05, 4.69) is 9.97 Å². The quantitative estimate of drug-likeness (QED) is 0.660. The van der Waals surface area contributed by atoms with Gasteiger partial charge in [-0.25, -0.2) is 4.98 Å². The lowest BCUT2D eigenvalue weighted by atomic mass is 10.4. The predicted octanol–water partition coefficient (Wildman–Crippen LogP) is 0.327. The Balaban J connectivity index is 2.90. The largest absolute Gasteiger partial charge is 0.385 e. The van der Waals surface area contributed by atoms with Gasteiger partial charge in [0, 0.05) is 12.6 Å². The molecule has 2 aromatic heterocycles. The van der Waals surface area contributed by atoms with Crippen molar-refractivity contribution in [2.45, 2.75) is 13.5 Å². The van der Waals surface area contributed by atoms with Crippen molar-refractivity contribution in [3.05, 3.63) is 22.6 Å². The summed E-state index contributed by atoms with van der Waals surface area (Å²) in [6, 6.07) is 1.34. The number of imidazole rings is 1. The van der Waals surface area contributed by atoms with Crippen LogP contribution in [0.1, 0.15) is 6.92 Å². The summed E-state index contributed by atoms with van der Waals surface area (Å²) in [5.41, 5.74) is 6.50. The molecule has 0 unspecified atom stereocenters. The number of anilines is 1. The zero-order valence-corrected chi connectivity index (χ0v) is 7.24. The Kier molecular flexibility index (Phi) is 1.58. The van der Waals surface area contributed by atoms with Gasteiger partial charge in [0.2, 0.25) is 5.43 Å². The summed E-state index contributed by atoms with van der Waals surface area (Å²) in [5, 5.41) is 0. The fraction of sp³-hybridized carbons (Fsp3) is 0.250. The number of rotatable bonds is 1. The lowest BCUT2D eigenvalue weighted by molar-refractivity contribution is 0.778. The summed E-state index contributed by atoms with van der Waals surface area (Å²) < 4.78 is 1.84. The van der Waals surface area contributed by atoms with E-state index >= 15 is 0 Å². The molecule has 0 aliphatic heterocycles. The Bertz CT molecular complexity index is 496. The number of aryl methyl sites for hydroxylation is 1. The number of nitrogens with zero attached hydrogens (tertiary/aromatic N) is 2. The molecule has 0 radical (unpaired) electrons. The average Bonchev–Trinajstić information content (AvgIpc) is 2.47. The third kappa shape index (κ3) is 1.09. The molecule has 0 aliphatic rings. The van der Waals surface area contributed by atoms with Crippen LogP contribution in [0.3, 0.4) is 0 Å². The maximum Gasteiger partial charge on any atom is 0.211 e.